The molecule has 0 fully saturated rings. The summed E-state index contributed by atoms with van der Waals surface area (Å²) in [7, 11) is 1.34. The lowest BCUT2D eigenvalue weighted by atomic mass is 10.1. The summed E-state index contributed by atoms with van der Waals surface area (Å²) in [4.78, 5) is 41.5. The number of carbonyl (C=O) groups excluding carboxylic acids is 3. The van der Waals surface area contributed by atoms with E-state index in [2.05, 4.69) is 20.9 Å². The summed E-state index contributed by atoms with van der Waals surface area (Å²) in [6.07, 6.45) is 0.540. The Bertz CT molecular complexity index is 1220. The smallest absolute Gasteiger partial charge is 0.412 e. The highest BCUT2D eigenvalue weighted by molar-refractivity contribution is 7.17. The maximum Gasteiger partial charge on any atom is 0.412 e. The number of thiophene rings is 1. The van der Waals surface area contributed by atoms with Crippen molar-refractivity contribution in [3.05, 3.63) is 77.2 Å². The largest absolute Gasteiger partial charge is 0.465 e. The minimum absolute atomic E-state index is 0.120. The molecule has 0 saturated heterocycles. The number of alkyl carbamates (subject to hydrolysis) is 1. The van der Waals surface area contributed by atoms with Crippen LogP contribution in [0.2, 0.25) is 0 Å². The molecule has 0 saturated carbocycles. The first-order chi connectivity index (χ1) is 17.3. The van der Waals surface area contributed by atoms with Crippen LogP contribution in [0.1, 0.15) is 29.1 Å². The second-order valence-corrected chi connectivity index (χ2v) is 9.36. The molecule has 3 N–H and O–H groups in total. The summed E-state index contributed by atoms with van der Waals surface area (Å²) in [6, 6.07) is 20.1. The van der Waals surface area contributed by atoms with Crippen LogP contribution in [0, 0.1) is 0 Å². The van der Waals surface area contributed by atoms with Gasteiger partial charge >= 0.3 is 18.1 Å². The Labute approximate surface area is 213 Å². The van der Waals surface area contributed by atoms with Crippen LogP contribution in [-0.4, -0.2) is 43.7 Å². The fraction of sp³-hybridized carbons (Fsp3) is 0.231. The Balaban J connectivity index is 1.45. The van der Waals surface area contributed by atoms with Crippen molar-refractivity contribution in [2.24, 2.45) is 4.99 Å². The zero-order valence-corrected chi connectivity index (χ0v) is 21.1. The molecule has 3 amide bonds. The molecule has 1 heterocycles. The van der Waals surface area contributed by atoms with E-state index in [4.69, 9.17) is 9.47 Å². The second-order valence-electron chi connectivity index (χ2n) is 8.28. The first-order valence-corrected chi connectivity index (χ1v) is 11.9. The van der Waals surface area contributed by atoms with Crippen LogP contribution in [0.25, 0.3) is 10.4 Å². The molecule has 0 aliphatic heterocycles. The third-order valence-electron chi connectivity index (χ3n) is 4.86. The number of benzene rings is 2. The molecular formula is C26H28N4O5S. The third kappa shape index (κ3) is 8.24. The Morgan fingerprint density at radius 2 is 1.78 bits per heavy atom. The van der Waals surface area contributed by atoms with Gasteiger partial charge < -0.3 is 20.1 Å². The van der Waals surface area contributed by atoms with E-state index < -0.39 is 11.7 Å². The van der Waals surface area contributed by atoms with Gasteiger partial charge in [-0.15, -0.1) is 11.3 Å². The van der Waals surface area contributed by atoms with Gasteiger partial charge in [0.1, 0.15) is 10.5 Å². The van der Waals surface area contributed by atoms with Crippen LogP contribution in [0.5, 0.6) is 0 Å². The van der Waals surface area contributed by atoms with E-state index in [1.807, 2.05) is 54.6 Å². The molecule has 0 bridgehead atoms. The van der Waals surface area contributed by atoms with Crippen LogP contribution >= 0.6 is 11.3 Å². The molecule has 9 nitrogen and oxygen atoms in total. The van der Waals surface area contributed by atoms with Crippen molar-refractivity contribution in [1.29, 1.82) is 0 Å². The van der Waals surface area contributed by atoms with E-state index in [1.165, 1.54) is 24.8 Å². The fourth-order valence-electron chi connectivity index (χ4n) is 3.05. The van der Waals surface area contributed by atoms with Crippen molar-refractivity contribution >= 4 is 41.5 Å². The van der Waals surface area contributed by atoms with Gasteiger partial charge in [-0.2, -0.15) is 0 Å². The standard InChI is InChI=1S/C26H28N4O5S/c1-26(2,16-28-24(32)27-15-18-8-5-4-6-9-18)35-25(33)30-17-29-20-11-7-10-19(14-20)21-12-13-22(36-21)23(31)34-3/h4-14,17H,15-16H2,1-3H3,(H2,27,28,32)(H,29,30,33). The third-order valence-corrected chi connectivity index (χ3v) is 5.97. The summed E-state index contributed by atoms with van der Waals surface area (Å²) in [6.45, 7) is 3.89. The maximum atomic E-state index is 12.2. The monoisotopic (exact) mass is 508 g/mol. The van der Waals surface area contributed by atoms with Crippen molar-refractivity contribution in [1.82, 2.24) is 16.0 Å². The number of ether oxygens (including phenoxy) is 2. The summed E-state index contributed by atoms with van der Waals surface area (Å²) in [5.74, 6) is -0.380. The van der Waals surface area contributed by atoms with Gasteiger partial charge in [0, 0.05) is 11.4 Å². The van der Waals surface area contributed by atoms with Gasteiger partial charge in [0.2, 0.25) is 0 Å². The van der Waals surface area contributed by atoms with Gasteiger partial charge in [-0.3, -0.25) is 5.32 Å². The molecule has 3 rings (SSSR count). The van der Waals surface area contributed by atoms with Crippen molar-refractivity contribution in [3.8, 4) is 10.4 Å². The predicted molar refractivity (Wildman–Crippen MR) is 140 cm³/mol. The van der Waals surface area contributed by atoms with Crippen LogP contribution in [0.3, 0.4) is 0 Å². The number of nitrogens with zero attached hydrogens (tertiary/aromatic N) is 1. The molecule has 10 heteroatoms. The van der Waals surface area contributed by atoms with Crippen LogP contribution in [0.4, 0.5) is 15.3 Å². The van der Waals surface area contributed by atoms with E-state index in [0.717, 1.165) is 16.0 Å². The Kier molecular flexibility index (Phi) is 9.18. The molecule has 0 spiro atoms. The maximum absolute atomic E-state index is 12.2. The number of esters is 1. The first-order valence-electron chi connectivity index (χ1n) is 11.1. The normalized spacial score (nSPS) is 11.1. The molecule has 3 aromatic rings. The minimum atomic E-state index is -0.946. The van der Waals surface area contributed by atoms with Crippen LogP contribution in [-0.2, 0) is 16.0 Å². The number of hydrogen-bond donors (Lipinski definition) is 3. The van der Waals surface area contributed by atoms with E-state index in [1.54, 1.807) is 26.0 Å². The highest BCUT2D eigenvalue weighted by Crippen LogP contribution is 2.30. The van der Waals surface area contributed by atoms with Crippen molar-refractivity contribution < 1.29 is 23.9 Å². The molecule has 0 aliphatic carbocycles. The van der Waals surface area contributed by atoms with Gasteiger partial charge in [0.25, 0.3) is 0 Å². The zero-order chi connectivity index (χ0) is 26.0. The molecular weight excluding hydrogens is 480 g/mol. The molecule has 0 aliphatic rings. The summed E-state index contributed by atoms with van der Waals surface area (Å²) >= 11 is 1.32. The summed E-state index contributed by atoms with van der Waals surface area (Å²) < 4.78 is 10.1. The molecule has 0 unspecified atom stereocenters. The highest BCUT2D eigenvalue weighted by Gasteiger charge is 2.23. The summed E-state index contributed by atoms with van der Waals surface area (Å²) in [5, 5.41) is 7.92. The van der Waals surface area contributed by atoms with Crippen molar-refractivity contribution in [3.63, 3.8) is 0 Å². The average molecular weight is 509 g/mol. The SMILES string of the molecule is COC(=O)c1ccc(-c2cccc(N=CNC(=O)OC(C)(C)CNC(=O)NCc3ccccc3)c2)s1. The number of aliphatic imine (C=N–C) groups is 1. The molecule has 0 atom stereocenters. The van der Waals surface area contributed by atoms with Gasteiger partial charge in [0.15, 0.2) is 0 Å². The molecule has 188 valence electrons. The van der Waals surface area contributed by atoms with Crippen molar-refractivity contribution in [2.45, 2.75) is 26.0 Å². The van der Waals surface area contributed by atoms with Gasteiger partial charge in [0.05, 0.1) is 25.7 Å². The Morgan fingerprint density at radius 1 is 1.00 bits per heavy atom. The second kappa shape index (κ2) is 12.5. The van der Waals surface area contributed by atoms with Gasteiger partial charge in [-0.25, -0.2) is 19.4 Å². The summed E-state index contributed by atoms with van der Waals surface area (Å²) in [5.41, 5.74) is 1.52. The fourth-order valence-corrected chi connectivity index (χ4v) is 3.97. The number of carbonyl (C=O) groups is 3. The number of methoxy groups -OCH3 is 1. The average Bonchev–Trinajstić information content (AvgIpc) is 3.37. The van der Waals surface area contributed by atoms with E-state index in [-0.39, 0.29) is 18.5 Å². The lowest BCUT2D eigenvalue weighted by Gasteiger charge is -2.25. The lowest BCUT2D eigenvalue weighted by molar-refractivity contribution is 0.0441. The predicted octanol–water partition coefficient (Wildman–Crippen LogP) is 4.87. The van der Waals surface area contributed by atoms with Crippen LogP contribution in [0.15, 0.2) is 71.7 Å². The van der Waals surface area contributed by atoms with E-state index >= 15 is 0 Å². The Morgan fingerprint density at radius 3 is 2.53 bits per heavy atom. The highest BCUT2D eigenvalue weighted by atomic mass is 32.1. The molecule has 0 radical (unpaired) electrons. The number of hydrogen-bond acceptors (Lipinski definition) is 7. The topological polar surface area (TPSA) is 118 Å². The van der Waals surface area contributed by atoms with E-state index in [0.29, 0.717) is 17.1 Å². The molecule has 2 aromatic carbocycles. The van der Waals surface area contributed by atoms with E-state index in [9.17, 15) is 14.4 Å². The molecule has 1 aromatic heterocycles. The number of rotatable bonds is 9. The first kappa shape index (κ1) is 26.4. The number of nitrogens with one attached hydrogen (secondary N) is 3. The van der Waals surface area contributed by atoms with Crippen molar-refractivity contribution in [2.75, 3.05) is 13.7 Å². The lowest BCUT2D eigenvalue weighted by Crippen LogP contribution is -2.46. The molecule has 36 heavy (non-hydrogen) atoms. The zero-order valence-electron chi connectivity index (χ0n) is 20.2. The minimum Gasteiger partial charge on any atom is -0.465 e. The number of urea groups is 1. The quantitative estimate of drug-likeness (QED) is 0.217. The van der Waals surface area contributed by atoms with Gasteiger partial charge in [-0.05, 0) is 49.2 Å². The number of amides is 3. The Hall–Kier alpha value is -4.18. The van der Waals surface area contributed by atoms with Gasteiger partial charge in [-0.1, -0.05) is 42.5 Å². The van der Waals surface area contributed by atoms with Crippen LogP contribution < -0.4 is 16.0 Å².